The van der Waals surface area contributed by atoms with Gasteiger partial charge < -0.3 is 20.3 Å². The zero-order valence-electron chi connectivity index (χ0n) is 8.66. The molecule has 3 N–H and O–H groups in total. The van der Waals surface area contributed by atoms with Gasteiger partial charge in [-0.15, -0.1) is 0 Å². The van der Waals surface area contributed by atoms with Crippen LogP contribution in [0.2, 0.25) is 0 Å². The van der Waals surface area contributed by atoms with Crippen LogP contribution in [0.25, 0.3) is 0 Å². The van der Waals surface area contributed by atoms with Crippen LogP contribution in [0.15, 0.2) is 16.6 Å². The topological polar surface area (TPSA) is 64.7 Å². The Morgan fingerprint density at radius 3 is 2.53 bits per heavy atom. The number of rotatable bonds is 4. The summed E-state index contributed by atoms with van der Waals surface area (Å²) in [6, 6.07) is 3.53. The number of nitrogens with two attached hydrogens (primary N) is 1. The van der Waals surface area contributed by atoms with Gasteiger partial charge in [-0.1, -0.05) is 15.9 Å². The summed E-state index contributed by atoms with van der Waals surface area (Å²) >= 11 is 3.33. The molecule has 0 heterocycles. The van der Waals surface area contributed by atoms with E-state index in [1.807, 2.05) is 0 Å². The van der Waals surface area contributed by atoms with Crippen molar-refractivity contribution in [1.82, 2.24) is 0 Å². The fourth-order valence-electron chi connectivity index (χ4n) is 1.33. The van der Waals surface area contributed by atoms with Crippen molar-refractivity contribution in [1.29, 1.82) is 0 Å². The highest BCUT2D eigenvalue weighted by atomic mass is 79.9. The van der Waals surface area contributed by atoms with Crippen molar-refractivity contribution < 1.29 is 14.6 Å². The molecule has 1 rings (SSSR count). The maximum absolute atomic E-state index is 9.70. The quantitative estimate of drug-likeness (QED) is 0.873. The van der Waals surface area contributed by atoms with Crippen molar-refractivity contribution in [2.45, 2.75) is 6.10 Å². The summed E-state index contributed by atoms with van der Waals surface area (Å²) < 4.78 is 11.1. The van der Waals surface area contributed by atoms with Gasteiger partial charge in [-0.05, 0) is 12.1 Å². The molecule has 0 fully saturated rings. The van der Waals surface area contributed by atoms with Gasteiger partial charge in [0, 0.05) is 16.6 Å². The number of ether oxygens (including phenoxy) is 2. The fraction of sp³-hybridized carbons (Fsp3) is 0.400. The second-order valence-corrected chi connectivity index (χ2v) is 3.90. The smallest absolute Gasteiger partial charge is 0.166 e. The van der Waals surface area contributed by atoms with E-state index in [4.69, 9.17) is 15.2 Å². The Morgan fingerprint density at radius 1 is 1.40 bits per heavy atom. The van der Waals surface area contributed by atoms with Gasteiger partial charge in [-0.2, -0.15) is 0 Å². The molecule has 0 aromatic heterocycles. The van der Waals surface area contributed by atoms with Crippen LogP contribution in [0.4, 0.5) is 0 Å². The summed E-state index contributed by atoms with van der Waals surface area (Å²) in [6.45, 7) is 0.135. The van der Waals surface area contributed by atoms with Gasteiger partial charge >= 0.3 is 0 Å². The molecule has 0 aliphatic rings. The SMILES string of the molecule is COc1cc(Br)cc([C@H](O)CN)c1OC. The number of hydrogen-bond acceptors (Lipinski definition) is 4. The van der Waals surface area contributed by atoms with E-state index in [-0.39, 0.29) is 6.54 Å². The zero-order chi connectivity index (χ0) is 11.4. The largest absolute Gasteiger partial charge is 0.493 e. The number of methoxy groups -OCH3 is 2. The Hall–Kier alpha value is -0.780. The lowest BCUT2D eigenvalue weighted by molar-refractivity contribution is 0.181. The lowest BCUT2D eigenvalue weighted by Crippen LogP contribution is -2.13. The molecular formula is C10H14BrNO3. The highest BCUT2D eigenvalue weighted by molar-refractivity contribution is 9.10. The minimum absolute atomic E-state index is 0.135. The monoisotopic (exact) mass is 275 g/mol. The molecule has 0 saturated carbocycles. The van der Waals surface area contributed by atoms with Crippen LogP contribution in [0, 0.1) is 0 Å². The summed E-state index contributed by atoms with van der Waals surface area (Å²) in [5.41, 5.74) is 6.02. The van der Waals surface area contributed by atoms with E-state index in [0.29, 0.717) is 17.1 Å². The van der Waals surface area contributed by atoms with Gasteiger partial charge in [0.1, 0.15) is 0 Å². The second-order valence-electron chi connectivity index (χ2n) is 2.98. The van der Waals surface area contributed by atoms with Gasteiger partial charge in [0.25, 0.3) is 0 Å². The second kappa shape index (κ2) is 5.34. The van der Waals surface area contributed by atoms with E-state index in [1.54, 1.807) is 19.2 Å². The first kappa shape index (κ1) is 12.3. The van der Waals surface area contributed by atoms with Crippen LogP contribution in [0.5, 0.6) is 11.5 Å². The normalized spacial score (nSPS) is 12.3. The molecule has 0 unspecified atom stereocenters. The number of hydrogen-bond donors (Lipinski definition) is 2. The van der Waals surface area contributed by atoms with E-state index < -0.39 is 6.10 Å². The van der Waals surface area contributed by atoms with Gasteiger partial charge in [0.2, 0.25) is 0 Å². The fourth-order valence-corrected chi connectivity index (χ4v) is 1.79. The number of halogens is 1. The van der Waals surface area contributed by atoms with Crippen molar-refractivity contribution in [3.63, 3.8) is 0 Å². The van der Waals surface area contributed by atoms with E-state index >= 15 is 0 Å². The predicted octanol–water partition coefficient (Wildman–Crippen LogP) is 1.46. The first-order valence-corrected chi connectivity index (χ1v) is 5.22. The molecule has 0 bridgehead atoms. The van der Waals surface area contributed by atoms with Gasteiger partial charge in [-0.3, -0.25) is 0 Å². The first-order chi connectivity index (χ1) is 7.13. The standard InChI is InChI=1S/C10H14BrNO3/c1-14-9-4-6(11)3-7(8(13)5-12)10(9)15-2/h3-4,8,13H,5,12H2,1-2H3/t8-/m1/s1. The molecule has 84 valence electrons. The van der Waals surface area contributed by atoms with E-state index in [9.17, 15) is 5.11 Å². The van der Waals surface area contributed by atoms with Gasteiger partial charge in [0.05, 0.1) is 20.3 Å². The average Bonchev–Trinajstić information content (AvgIpc) is 2.26. The molecule has 4 nitrogen and oxygen atoms in total. The molecule has 15 heavy (non-hydrogen) atoms. The molecule has 1 aromatic rings. The lowest BCUT2D eigenvalue weighted by atomic mass is 10.1. The highest BCUT2D eigenvalue weighted by Gasteiger charge is 2.17. The van der Waals surface area contributed by atoms with Crippen molar-refractivity contribution in [3.8, 4) is 11.5 Å². The Kier molecular flexibility index (Phi) is 4.38. The van der Waals surface area contributed by atoms with Crippen LogP contribution in [0.1, 0.15) is 11.7 Å². The third-order valence-corrected chi connectivity index (χ3v) is 2.51. The number of benzene rings is 1. The van der Waals surface area contributed by atoms with Crippen molar-refractivity contribution in [2.75, 3.05) is 20.8 Å². The van der Waals surface area contributed by atoms with Gasteiger partial charge in [0.15, 0.2) is 11.5 Å². The molecular weight excluding hydrogens is 262 g/mol. The Morgan fingerprint density at radius 2 is 2.07 bits per heavy atom. The van der Waals surface area contributed by atoms with Crippen molar-refractivity contribution >= 4 is 15.9 Å². The molecule has 0 amide bonds. The maximum Gasteiger partial charge on any atom is 0.166 e. The predicted molar refractivity (Wildman–Crippen MR) is 61.3 cm³/mol. The van der Waals surface area contributed by atoms with Crippen LogP contribution in [0.3, 0.4) is 0 Å². The molecule has 1 atom stereocenters. The third kappa shape index (κ3) is 2.62. The summed E-state index contributed by atoms with van der Waals surface area (Å²) in [6.07, 6.45) is -0.758. The molecule has 0 saturated heterocycles. The Balaban J connectivity index is 3.28. The highest BCUT2D eigenvalue weighted by Crippen LogP contribution is 2.37. The van der Waals surface area contributed by atoms with Crippen LogP contribution < -0.4 is 15.2 Å². The van der Waals surface area contributed by atoms with Crippen LogP contribution in [-0.4, -0.2) is 25.9 Å². The molecule has 0 radical (unpaired) electrons. The summed E-state index contributed by atoms with van der Waals surface area (Å²) in [5.74, 6) is 1.08. The number of aliphatic hydroxyl groups is 1. The summed E-state index contributed by atoms with van der Waals surface area (Å²) in [4.78, 5) is 0. The van der Waals surface area contributed by atoms with E-state index in [1.165, 1.54) is 7.11 Å². The molecule has 1 aromatic carbocycles. The Labute approximate surface area is 97.1 Å². The Bertz CT molecular complexity index is 344. The van der Waals surface area contributed by atoms with E-state index in [0.717, 1.165) is 4.47 Å². The van der Waals surface area contributed by atoms with Crippen molar-refractivity contribution in [3.05, 3.63) is 22.2 Å². The lowest BCUT2D eigenvalue weighted by Gasteiger charge is -2.16. The maximum atomic E-state index is 9.70. The zero-order valence-corrected chi connectivity index (χ0v) is 10.2. The summed E-state index contributed by atoms with van der Waals surface area (Å²) in [5, 5.41) is 9.70. The minimum Gasteiger partial charge on any atom is -0.493 e. The van der Waals surface area contributed by atoms with Gasteiger partial charge in [-0.25, -0.2) is 0 Å². The average molecular weight is 276 g/mol. The molecule has 0 aliphatic carbocycles. The molecule has 0 aliphatic heterocycles. The third-order valence-electron chi connectivity index (χ3n) is 2.05. The summed E-state index contributed by atoms with van der Waals surface area (Å²) in [7, 11) is 3.07. The van der Waals surface area contributed by atoms with E-state index in [2.05, 4.69) is 15.9 Å². The first-order valence-electron chi connectivity index (χ1n) is 4.43. The molecule has 5 heteroatoms. The van der Waals surface area contributed by atoms with Crippen molar-refractivity contribution in [2.24, 2.45) is 5.73 Å². The minimum atomic E-state index is -0.758. The van der Waals surface area contributed by atoms with Crippen LogP contribution >= 0.6 is 15.9 Å². The number of aliphatic hydroxyl groups excluding tert-OH is 1. The van der Waals surface area contributed by atoms with Crippen LogP contribution in [-0.2, 0) is 0 Å². The molecule has 0 spiro atoms.